The van der Waals surface area contributed by atoms with E-state index in [4.69, 9.17) is 4.98 Å². The molecule has 130 valence electrons. The monoisotopic (exact) mass is 355 g/mol. The van der Waals surface area contributed by atoms with Gasteiger partial charge in [0.05, 0.1) is 11.2 Å². The number of hydrogen-bond acceptors (Lipinski definition) is 1. The van der Waals surface area contributed by atoms with E-state index in [0.717, 1.165) is 16.8 Å². The van der Waals surface area contributed by atoms with Gasteiger partial charge in [0.2, 0.25) is 0 Å². The van der Waals surface area contributed by atoms with Crippen molar-refractivity contribution in [2.75, 3.05) is 0 Å². The third-order valence-electron chi connectivity index (χ3n) is 5.62. The van der Waals surface area contributed by atoms with Crippen LogP contribution in [0.25, 0.3) is 54.5 Å². The molecule has 0 spiro atoms. The molecular weight excluding hydrogens is 338 g/mol. The zero-order valence-electron chi connectivity index (χ0n) is 15.3. The standard InChI is InChI=1S/C27H17N/c1-3-7-23-18(5-1)9-10-20-11-12-21-17-22(13-15-24(21)27(20)23)26-16-14-19-6-2-4-8-25(19)28-26/h1-17H. The van der Waals surface area contributed by atoms with Gasteiger partial charge in [-0.05, 0) is 50.5 Å². The molecule has 0 saturated heterocycles. The Morgan fingerprint density at radius 2 is 1.14 bits per heavy atom. The van der Waals surface area contributed by atoms with E-state index < -0.39 is 0 Å². The Bertz CT molecular complexity index is 1510. The molecule has 6 aromatic rings. The Balaban J connectivity index is 1.62. The van der Waals surface area contributed by atoms with Crippen molar-refractivity contribution in [3.63, 3.8) is 0 Å². The van der Waals surface area contributed by atoms with Crippen molar-refractivity contribution in [2.24, 2.45) is 0 Å². The molecule has 1 aromatic heterocycles. The number of para-hydroxylation sites is 1. The summed E-state index contributed by atoms with van der Waals surface area (Å²) >= 11 is 0. The fourth-order valence-electron chi connectivity index (χ4n) is 4.22. The van der Waals surface area contributed by atoms with Gasteiger partial charge in [-0.15, -0.1) is 0 Å². The van der Waals surface area contributed by atoms with E-state index >= 15 is 0 Å². The average Bonchev–Trinajstić information content (AvgIpc) is 2.78. The Morgan fingerprint density at radius 3 is 2.07 bits per heavy atom. The van der Waals surface area contributed by atoms with Crippen LogP contribution in [0.5, 0.6) is 0 Å². The number of pyridine rings is 1. The second-order valence-corrected chi connectivity index (χ2v) is 7.28. The van der Waals surface area contributed by atoms with Crippen LogP contribution in [0.3, 0.4) is 0 Å². The molecular formula is C27H17N. The van der Waals surface area contributed by atoms with Crippen molar-refractivity contribution in [1.82, 2.24) is 4.98 Å². The van der Waals surface area contributed by atoms with Crippen molar-refractivity contribution < 1.29 is 0 Å². The minimum atomic E-state index is 1.01. The van der Waals surface area contributed by atoms with Crippen molar-refractivity contribution in [1.29, 1.82) is 0 Å². The first kappa shape index (κ1) is 15.4. The van der Waals surface area contributed by atoms with E-state index in [0.29, 0.717) is 0 Å². The molecule has 0 fully saturated rings. The highest BCUT2D eigenvalue weighted by Gasteiger charge is 2.08. The molecule has 0 aliphatic carbocycles. The molecule has 1 nitrogen and oxygen atoms in total. The van der Waals surface area contributed by atoms with Gasteiger partial charge in [0.15, 0.2) is 0 Å². The van der Waals surface area contributed by atoms with Crippen LogP contribution in [-0.4, -0.2) is 4.98 Å². The fourth-order valence-corrected chi connectivity index (χ4v) is 4.22. The van der Waals surface area contributed by atoms with Gasteiger partial charge in [-0.2, -0.15) is 0 Å². The first-order chi connectivity index (χ1) is 13.9. The smallest absolute Gasteiger partial charge is 0.0709 e. The van der Waals surface area contributed by atoms with Gasteiger partial charge >= 0.3 is 0 Å². The Hall–Kier alpha value is -3.71. The van der Waals surface area contributed by atoms with Gasteiger partial charge in [-0.3, -0.25) is 0 Å². The molecule has 0 radical (unpaired) electrons. The number of fused-ring (bicyclic) bond motifs is 6. The molecule has 5 aromatic carbocycles. The van der Waals surface area contributed by atoms with Crippen LogP contribution in [0, 0.1) is 0 Å². The Morgan fingerprint density at radius 1 is 0.464 bits per heavy atom. The van der Waals surface area contributed by atoms with E-state index in [9.17, 15) is 0 Å². The molecule has 1 heteroatoms. The second kappa shape index (κ2) is 5.90. The summed E-state index contributed by atoms with van der Waals surface area (Å²) in [5.41, 5.74) is 3.20. The van der Waals surface area contributed by atoms with Crippen molar-refractivity contribution in [3.05, 3.63) is 103 Å². The quantitative estimate of drug-likeness (QED) is 0.281. The summed E-state index contributed by atoms with van der Waals surface area (Å²) in [6.45, 7) is 0. The van der Waals surface area contributed by atoms with E-state index in [1.165, 1.54) is 37.7 Å². The molecule has 0 amide bonds. The summed E-state index contributed by atoms with van der Waals surface area (Å²) in [5, 5.41) is 8.90. The fraction of sp³-hybridized carbons (Fsp3) is 0. The van der Waals surface area contributed by atoms with Gasteiger partial charge in [0.25, 0.3) is 0 Å². The van der Waals surface area contributed by atoms with Crippen LogP contribution < -0.4 is 0 Å². The lowest BCUT2D eigenvalue weighted by Gasteiger charge is -2.10. The second-order valence-electron chi connectivity index (χ2n) is 7.28. The summed E-state index contributed by atoms with van der Waals surface area (Å²) in [6.07, 6.45) is 0. The molecule has 0 atom stereocenters. The van der Waals surface area contributed by atoms with Gasteiger partial charge < -0.3 is 0 Å². The van der Waals surface area contributed by atoms with Crippen molar-refractivity contribution in [3.8, 4) is 11.3 Å². The highest BCUT2D eigenvalue weighted by molar-refractivity contribution is 6.20. The van der Waals surface area contributed by atoms with Crippen molar-refractivity contribution >= 4 is 43.2 Å². The molecule has 0 saturated carbocycles. The maximum Gasteiger partial charge on any atom is 0.0709 e. The summed E-state index contributed by atoms with van der Waals surface area (Å²) in [4.78, 5) is 4.86. The Kier molecular flexibility index (Phi) is 3.24. The predicted molar refractivity (Wildman–Crippen MR) is 120 cm³/mol. The van der Waals surface area contributed by atoms with E-state index in [-0.39, 0.29) is 0 Å². The lowest BCUT2D eigenvalue weighted by Crippen LogP contribution is -1.86. The highest BCUT2D eigenvalue weighted by Crippen LogP contribution is 2.34. The predicted octanol–water partition coefficient (Wildman–Crippen LogP) is 7.36. The molecule has 28 heavy (non-hydrogen) atoms. The SMILES string of the molecule is c1ccc2nc(-c3ccc4c(ccc5ccc6ccccc6c54)c3)ccc2c1. The average molecular weight is 355 g/mol. The first-order valence-electron chi connectivity index (χ1n) is 9.57. The number of nitrogens with zero attached hydrogens (tertiary/aromatic N) is 1. The number of aromatic nitrogens is 1. The number of hydrogen-bond donors (Lipinski definition) is 0. The summed E-state index contributed by atoms with van der Waals surface area (Å²) in [5.74, 6) is 0. The molecule has 0 aliphatic rings. The molecule has 0 N–H and O–H groups in total. The van der Waals surface area contributed by atoms with Gasteiger partial charge in [-0.1, -0.05) is 84.9 Å². The molecule has 0 aliphatic heterocycles. The summed E-state index contributed by atoms with van der Waals surface area (Å²) < 4.78 is 0. The van der Waals surface area contributed by atoms with E-state index in [1.807, 2.05) is 6.07 Å². The largest absolute Gasteiger partial charge is 0.248 e. The van der Waals surface area contributed by atoms with Crippen LogP contribution >= 0.6 is 0 Å². The molecule has 6 rings (SSSR count). The highest BCUT2D eigenvalue weighted by atomic mass is 14.7. The van der Waals surface area contributed by atoms with E-state index in [1.54, 1.807) is 0 Å². The topological polar surface area (TPSA) is 12.9 Å². The molecule has 0 bridgehead atoms. The number of benzene rings is 5. The third-order valence-corrected chi connectivity index (χ3v) is 5.62. The van der Waals surface area contributed by atoms with Crippen LogP contribution in [0.4, 0.5) is 0 Å². The van der Waals surface area contributed by atoms with Crippen molar-refractivity contribution in [2.45, 2.75) is 0 Å². The lowest BCUT2D eigenvalue weighted by molar-refractivity contribution is 1.40. The van der Waals surface area contributed by atoms with Gasteiger partial charge in [0.1, 0.15) is 0 Å². The van der Waals surface area contributed by atoms with Gasteiger partial charge in [-0.25, -0.2) is 4.98 Å². The Labute approximate surface area is 162 Å². The van der Waals surface area contributed by atoms with Crippen LogP contribution in [-0.2, 0) is 0 Å². The lowest BCUT2D eigenvalue weighted by atomic mass is 9.95. The first-order valence-corrected chi connectivity index (χ1v) is 9.57. The third kappa shape index (κ3) is 2.30. The number of rotatable bonds is 1. The normalized spacial score (nSPS) is 11.6. The van der Waals surface area contributed by atoms with Gasteiger partial charge in [0, 0.05) is 10.9 Å². The van der Waals surface area contributed by atoms with Crippen LogP contribution in [0.15, 0.2) is 103 Å². The van der Waals surface area contributed by atoms with E-state index in [2.05, 4.69) is 97.1 Å². The minimum absolute atomic E-state index is 1.01. The van der Waals surface area contributed by atoms with Crippen LogP contribution in [0.1, 0.15) is 0 Å². The molecule has 1 heterocycles. The maximum atomic E-state index is 4.86. The minimum Gasteiger partial charge on any atom is -0.248 e. The zero-order valence-corrected chi connectivity index (χ0v) is 15.3. The summed E-state index contributed by atoms with van der Waals surface area (Å²) in [6, 6.07) is 36.7. The molecule has 0 unspecified atom stereocenters. The van der Waals surface area contributed by atoms with Crippen LogP contribution in [0.2, 0.25) is 0 Å². The maximum absolute atomic E-state index is 4.86. The zero-order chi connectivity index (χ0) is 18.5. The summed E-state index contributed by atoms with van der Waals surface area (Å²) in [7, 11) is 0.